The number of fused-ring (bicyclic) bond motifs is 4. The van der Waals surface area contributed by atoms with E-state index in [1.165, 1.54) is 37.7 Å². The highest BCUT2D eigenvalue weighted by molar-refractivity contribution is 9.10. The fourth-order valence-electron chi connectivity index (χ4n) is 5.11. The molecule has 0 N–H and O–H groups in total. The number of rotatable bonds is 2. The average Bonchev–Trinajstić information content (AvgIpc) is 2.69. The lowest BCUT2D eigenvalue weighted by Gasteiger charge is -2.32. The highest BCUT2D eigenvalue weighted by Crippen LogP contribution is 2.49. The minimum absolute atomic E-state index is 0.718. The Labute approximate surface area is 154 Å². The molecule has 2 aliphatic rings. The Morgan fingerprint density at radius 3 is 2.67 bits per heavy atom. The molecule has 1 fully saturated rings. The van der Waals surface area contributed by atoms with Gasteiger partial charge in [0.05, 0.1) is 5.69 Å². The lowest BCUT2D eigenvalue weighted by atomic mass is 9.73. The molecule has 0 amide bonds. The van der Waals surface area contributed by atoms with Crippen LogP contribution in [0.2, 0.25) is 0 Å². The molecule has 4 atom stereocenters. The first kappa shape index (κ1) is 16.3. The van der Waals surface area contributed by atoms with Gasteiger partial charge >= 0.3 is 0 Å². The van der Waals surface area contributed by atoms with Gasteiger partial charge in [0, 0.05) is 16.2 Å². The zero-order chi connectivity index (χ0) is 16.7. The lowest BCUT2D eigenvalue weighted by molar-refractivity contribution is 0.241. The van der Waals surface area contributed by atoms with E-state index in [0.717, 1.165) is 33.8 Å². The summed E-state index contributed by atoms with van der Waals surface area (Å²) in [6.45, 7) is 4.81. The number of halogens is 1. The number of hydrogen-bond donors (Lipinski definition) is 0. The van der Waals surface area contributed by atoms with E-state index in [9.17, 15) is 0 Å². The smallest absolute Gasteiger partial charge is 0.0702 e. The summed E-state index contributed by atoms with van der Waals surface area (Å²) in [5.41, 5.74) is 5.60. The Balaban J connectivity index is 1.77. The van der Waals surface area contributed by atoms with Crippen molar-refractivity contribution in [3.05, 3.63) is 52.1 Å². The van der Waals surface area contributed by atoms with Crippen molar-refractivity contribution in [2.24, 2.45) is 11.8 Å². The number of aromatic nitrogens is 1. The molecule has 0 saturated heterocycles. The molecule has 2 aromatic rings. The van der Waals surface area contributed by atoms with Gasteiger partial charge in [-0.15, -0.1) is 0 Å². The molecule has 4 unspecified atom stereocenters. The summed E-state index contributed by atoms with van der Waals surface area (Å²) in [6, 6.07) is 11.4. The maximum absolute atomic E-state index is 4.60. The zero-order valence-electron chi connectivity index (χ0n) is 14.6. The predicted octanol–water partition coefficient (Wildman–Crippen LogP) is 6.93. The van der Waals surface area contributed by atoms with Gasteiger partial charge in [-0.1, -0.05) is 26.0 Å². The van der Waals surface area contributed by atoms with Crippen LogP contribution in [-0.2, 0) is 0 Å². The van der Waals surface area contributed by atoms with Crippen LogP contribution in [0.3, 0.4) is 0 Å². The standard InChI is InChI=1S/C22H26BrN/c1-3-16-10-15-8-14(2)9-18(11-15)20-6-4-17(12-21(16)20)22-7-5-19(23)13-24-22/h4-7,12-16,18H,3,8-11H2,1-2H3. The van der Waals surface area contributed by atoms with Crippen LogP contribution in [0, 0.1) is 11.8 Å². The molecule has 0 radical (unpaired) electrons. The van der Waals surface area contributed by atoms with Crippen LogP contribution in [0.4, 0.5) is 0 Å². The first-order valence-electron chi connectivity index (χ1n) is 9.39. The Hall–Kier alpha value is -1.15. The fourth-order valence-corrected chi connectivity index (χ4v) is 5.35. The van der Waals surface area contributed by atoms with Crippen LogP contribution in [-0.4, -0.2) is 4.98 Å². The molecular formula is C22H26BrN. The molecule has 1 aromatic carbocycles. The van der Waals surface area contributed by atoms with Gasteiger partial charge in [0.15, 0.2) is 0 Å². The molecule has 2 aliphatic carbocycles. The molecule has 2 heteroatoms. The molecule has 2 bridgehead atoms. The summed E-state index contributed by atoms with van der Waals surface area (Å²) in [7, 11) is 0. The Morgan fingerprint density at radius 2 is 1.92 bits per heavy atom. The highest BCUT2D eigenvalue weighted by Gasteiger charge is 2.34. The highest BCUT2D eigenvalue weighted by atomic mass is 79.9. The van der Waals surface area contributed by atoms with Crippen molar-refractivity contribution in [3.63, 3.8) is 0 Å². The van der Waals surface area contributed by atoms with E-state index in [-0.39, 0.29) is 0 Å². The molecule has 24 heavy (non-hydrogen) atoms. The van der Waals surface area contributed by atoms with Crippen molar-refractivity contribution in [1.29, 1.82) is 0 Å². The first-order valence-corrected chi connectivity index (χ1v) is 10.2. The van der Waals surface area contributed by atoms with Crippen molar-refractivity contribution in [1.82, 2.24) is 4.98 Å². The van der Waals surface area contributed by atoms with Gasteiger partial charge < -0.3 is 0 Å². The van der Waals surface area contributed by atoms with Crippen molar-refractivity contribution in [2.45, 2.75) is 57.8 Å². The Bertz CT molecular complexity index is 721. The maximum Gasteiger partial charge on any atom is 0.0702 e. The number of benzene rings is 1. The van der Waals surface area contributed by atoms with Crippen LogP contribution in [0.15, 0.2) is 41.0 Å². The van der Waals surface area contributed by atoms with Gasteiger partial charge in [-0.25, -0.2) is 0 Å². The Kier molecular flexibility index (Phi) is 4.51. The molecule has 1 heterocycles. The van der Waals surface area contributed by atoms with Crippen LogP contribution < -0.4 is 0 Å². The SMILES string of the molecule is CCC1CC2CC(C)CC(C2)c2ccc(-c3ccc(Br)cn3)cc21. The van der Waals surface area contributed by atoms with Gasteiger partial charge in [0.2, 0.25) is 0 Å². The first-order chi connectivity index (χ1) is 11.6. The number of nitrogens with zero attached hydrogens (tertiary/aromatic N) is 1. The summed E-state index contributed by atoms with van der Waals surface area (Å²) >= 11 is 3.48. The number of hydrogen-bond acceptors (Lipinski definition) is 1. The minimum Gasteiger partial charge on any atom is -0.255 e. The molecule has 1 saturated carbocycles. The molecule has 1 aromatic heterocycles. The third-order valence-corrected chi connectivity index (χ3v) is 6.61. The van der Waals surface area contributed by atoms with Gasteiger partial charge in [0.1, 0.15) is 0 Å². The quantitative estimate of drug-likeness (QED) is 0.547. The molecular weight excluding hydrogens is 358 g/mol. The molecule has 4 rings (SSSR count). The third kappa shape index (κ3) is 3.06. The summed E-state index contributed by atoms with van der Waals surface area (Å²) in [5, 5.41) is 0. The van der Waals surface area contributed by atoms with E-state index >= 15 is 0 Å². The van der Waals surface area contributed by atoms with Gasteiger partial charge in [0.25, 0.3) is 0 Å². The van der Waals surface area contributed by atoms with Crippen LogP contribution in [0.25, 0.3) is 11.3 Å². The maximum atomic E-state index is 4.60. The zero-order valence-corrected chi connectivity index (χ0v) is 16.2. The van der Waals surface area contributed by atoms with E-state index < -0.39 is 0 Å². The fraction of sp³-hybridized carbons (Fsp3) is 0.500. The van der Waals surface area contributed by atoms with Crippen LogP contribution in [0.1, 0.15) is 68.9 Å². The van der Waals surface area contributed by atoms with Crippen LogP contribution in [0.5, 0.6) is 0 Å². The second-order valence-electron chi connectivity index (χ2n) is 7.92. The largest absolute Gasteiger partial charge is 0.255 e. The normalized spacial score (nSPS) is 29.0. The molecule has 0 spiro atoms. The Morgan fingerprint density at radius 1 is 1.04 bits per heavy atom. The van der Waals surface area contributed by atoms with Crippen molar-refractivity contribution in [3.8, 4) is 11.3 Å². The minimum atomic E-state index is 0.718. The van der Waals surface area contributed by atoms with Gasteiger partial charge in [-0.2, -0.15) is 0 Å². The number of pyridine rings is 1. The van der Waals surface area contributed by atoms with Gasteiger partial charge in [-0.3, -0.25) is 4.98 Å². The van der Waals surface area contributed by atoms with Crippen LogP contribution >= 0.6 is 15.9 Å². The van der Waals surface area contributed by atoms with E-state index in [4.69, 9.17) is 0 Å². The van der Waals surface area contributed by atoms with Crippen molar-refractivity contribution in [2.75, 3.05) is 0 Å². The predicted molar refractivity (Wildman–Crippen MR) is 104 cm³/mol. The van der Waals surface area contributed by atoms with E-state index in [1.54, 1.807) is 11.1 Å². The lowest BCUT2D eigenvalue weighted by Crippen LogP contribution is -2.18. The van der Waals surface area contributed by atoms with Crippen molar-refractivity contribution >= 4 is 15.9 Å². The monoisotopic (exact) mass is 383 g/mol. The second kappa shape index (κ2) is 6.63. The molecule has 0 aliphatic heterocycles. The molecule has 126 valence electrons. The van der Waals surface area contributed by atoms with E-state index in [0.29, 0.717) is 0 Å². The summed E-state index contributed by atoms with van der Waals surface area (Å²) in [6.07, 6.45) is 8.73. The average molecular weight is 384 g/mol. The van der Waals surface area contributed by atoms with Gasteiger partial charge in [-0.05, 0) is 101 Å². The van der Waals surface area contributed by atoms with E-state index in [2.05, 4.69) is 65.1 Å². The summed E-state index contributed by atoms with van der Waals surface area (Å²) in [4.78, 5) is 4.60. The summed E-state index contributed by atoms with van der Waals surface area (Å²) in [5.74, 6) is 3.29. The van der Waals surface area contributed by atoms with Crippen molar-refractivity contribution < 1.29 is 0 Å². The summed E-state index contributed by atoms with van der Waals surface area (Å²) < 4.78 is 1.04. The van der Waals surface area contributed by atoms with E-state index in [1.807, 2.05) is 6.20 Å². The molecule has 1 nitrogen and oxygen atoms in total. The topological polar surface area (TPSA) is 12.9 Å². The third-order valence-electron chi connectivity index (χ3n) is 6.14. The second-order valence-corrected chi connectivity index (χ2v) is 8.84.